The summed E-state index contributed by atoms with van der Waals surface area (Å²) < 4.78 is 0. The van der Waals surface area contributed by atoms with Crippen LogP contribution in [-0.4, -0.2) is 12.6 Å². The Morgan fingerprint density at radius 2 is 1.35 bits per heavy atom. The average molecular weight is 314 g/mol. The number of isocyanates is 1. The van der Waals surface area contributed by atoms with Crippen LogP contribution in [0.4, 0.5) is 0 Å². The summed E-state index contributed by atoms with van der Waals surface area (Å²) in [4.78, 5) is 13.5. The van der Waals surface area contributed by atoms with Crippen molar-refractivity contribution >= 4 is 6.08 Å². The van der Waals surface area contributed by atoms with E-state index in [0.717, 1.165) is 6.42 Å². The fourth-order valence-electron chi connectivity index (χ4n) is 2.91. The Bertz CT molecular complexity index is 409. The average Bonchev–Trinajstić information content (AvgIpc) is 2.59. The zero-order valence-electron chi connectivity index (χ0n) is 14.6. The Balaban J connectivity index is 1.74. The maximum atomic E-state index is 9.90. The van der Waals surface area contributed by atoms with Gasteiger partial charge in [-0.25, -0.2) is 9.79 Å². The number of aliphatic imine (C=N–C) groups is 1. The van der Waals surface area contributed by atoms with Crippen molar-refractivity contribution in [2.24, 2.45) is 4.99 Å². The Labute approximate surface area is 142 Å². The number of nitrogens with zero attached hydrogens (tertiary/aromatic N) is 1. The molecule has 2 nitrogen and oxygen atoms in total. The van der Waals surface area contributed by atoms with Crippen LogP contribution >= 0.6 is 0 Å². The van der Waals surface area contributed by atoms with E-state index >= 15 is 0 Å². The molecule has 0 spiro atoms. The molecule has 0 aliphatic carbocycles. The quantitative estimate of drug-likeness (QED) is 0.220. The van der Waals surface area contributed by atoms with Crippen LogP contribution in [0.25, 0.3) is 0 Å². The third-order valence-corrected chi connectivity index (χ3v) is 4.30. The van der Waals surface area contributed by atoms with Gasteiger partial charge >= 0.3 is 0 Å². The van der Waals surface area contributed by atoms with Crippen LogP contribution in [0, 0.1) is 6.07 Å². The molecule has 0 bridgehead atoms. The minimum absolute atomic E-state index is 0.659. The molecule has 0 aromatic heterocycles. The molecule has 0 N–H and O–H groups in total. The zero-order valence-corrected chi connectivity index (χ0v) is 14.6. The molecule has 1 aromatic carbocycles. The first-order chi connectivity index (χ1) is 11.4. The first-order valence-corrected chi connectivity index (χ1v) is 9.42. The molecule has 0 fully saturated rings. The Hall–Kier alpha value is -1.40. The van der Waals surface area contributed by atoms with Crippen LogP contribution in [0.1, 0.15) is 82.6 Å². The molecule has 2 heteroatoms. The molecule has 0 saturated heterocycles. The number of aryl methyl sites for hydroxylation is 1. The highest BCUT2D eigenvalue weighted by Crippen LogP contribution is 2.13. The van der Waals surface area contributed by atoms with E-state index in [1.54, 1.807) is 6.08 Å². The van der Waals surface area contributed by atoms with Crippen LogP contribution < -0.4 is 0 Å². The largest absolute Gasteiger partial charge is 0.234 e. The van der Waals surface area contributed by atoms with Crippen molar-refractivity contribution in [2.75, 3.05) is 6.54 Å². The second kappa shape index (κ2) is 15.5. The number of carbonyl (C=O) groups excluding carboxylic acids is 1. The summed E-state index contributed by atoms with van der Waals surface area (Å²) in [5.41, 5.74) is 1.35. The number of hydrogen-bond donors (Lipinski definition) is 0. The van der Waals surface area contributed by atoms with Crippen LogP contribution in [0.2, 0.25) is 0 Å². The predicted octanol–water partition coefficient (Wildman–Crippen LogP) is 6.05. The summed E-state index contributed by atoms with van der Waals surface area (Å²) in [5, 5.41) is 0. The van der Waals surface area contributed by atoms with E-state index in [9.17, 15) is 4.79 Å². The molecular weight excluding hydrogens is 282 g/mol. The van der Waals surface area contributed by atoms with E-state index in [4.69, 9.17) is 0 Å². The molecule has 23 heavy (non-hydrogen) atoms. The van der Waals surface area contributed by atoms with Crippen molar-refractivity contribution in [1.29, 1.82) is 0 Å². The number of benzene rings is 1. The number of unbranched alkanes of at least 4 members (excludes halogenated alkanes) is 11. The van der Waals surface area contributed by atoms with E-state index in [0.29, 0.717) is 6.54 Å². The van der Waals surface area contributed by atoms with Crippen LogP contribution in [0.15, 0.2) is 29.3 Å². The van der Waals surface area contributed by atoms with Gasteiger partial charge in [0.1, 0.15) is 0 Å². The summed E-state index contributed by atoms with van der Waals surface area (Å²) in [6.07, 6.45) is 18.6. The van der Waals surface area contributed by atoms with Crippen molar-refractivity contribution in [3.8, 4) is 0 Å². The standard InChI is InChI=1S/C21H32NO/c23-20-22-19-15-10-8-6-4-2-1-3-5-7-9-12-16-21-17-13-11-14-18-21/h11,13-14,17H,1-10,12,15-16,19H2. The molecule has 1 rings (SSSR count). The number of hydrogen-bond acceptors (Lipinski definition) is 2. The lowest BCUT2D eigenvalue weighted by molar-refractivity contribution is 0.540. The summed E-state index contributed by atoms with van der Waals surface area (Å²) in [6.45, 7) is 0.659. The maximum absolute atomic E-state index is 9.90. The lowest BCUT2D eigenvalue weighted by Gasteiger charge is -2.03. The van der Waals surface area contributed by atoms with Gasteiger partial charge in [0.2, 0.25) is 6.08 Å². The van der Waals surface area contributed by atoms with Gasteiger partial charge in [-0.3, -0.25) is 0 Å². The minimum atomic E-state index is 0.659. The minimum Gasteiger partial charge on any atom is -0.211 e. The second-order valence-electron chi connectivity index (χ2n) is 6.35. The van der Waals surface area contributed by atoms with Gasteiger partial charge in [-0.15, -0.1) is 0 Å². The van der Waals surface area contributed by atoms with Crippen LogP contribution in [-0.2, 0) is 11.2 Å². The smallest absolute Gasteiger partial charge is 0.211 e. The van der Waals surface area contributed by atoms with Gasteiger partial charge in [-0.1, -0.05) is 88.5 Å². The molecule has 127 valence electrons. The lowest BCUT2D eigenvalue weighted by atomic mass is 10.0. The van der Waals surface area contributed by atoms with Gasteiger partial charge in [-0.2, -0.15) is 0 Å². The molecule has 0 amide bonds. The van der Waals surface area contributed by atoms with Crippen molar-refractivity contribution in [1.82, 2.24) is 0 Å². The third-order valence-electron chi connectivity index (χ3n) is 4.30. The predicted molar refractivity (Wildman–Crippen MR) is 97.4 cm³/mol. The van der Waals surface area contributed by atoms with E-state index in [2.05, 4.69) is 23.2 Å². The summed E-state index contributed by atoms with van der Waals surface area (Å²) in [7, 11) is 0. The van der Waals surface area contributed by atoms with Gasteiger partial charge in [0.05, 0.1) is 6.54 Å². The van der Waals surface area contributed by atoms with E-state index in [-0.39, 0.29) is 0 Å². The second-order valence-corrected chi connectivity index (χ2v) is 6.35. The van der Waals surface area contributed by atoms with Gasteiger partial charge < -0.3 is 0 Å². The normalized spacial score (nSPS) is 10.4. The molecule has 0 saturated carbocycles. The van der Waals surface area contributed by atoms with Crippen LogP contribution in [0.3, 0.4) is 0 Å². The van der Waals surface area contributed by atoms with E-state index in [1.807, 2.05) is 12.1 Å². The Morgan fingerprint density at radius 3 is 1.87 bits per heavy atom. The third kappa shape index (κ3) is 12.8. The fraction of sp³-hybridized carbons (Fsp3) is 0.667. The maximum Gasteiger partial charge on any atom is 0.234 e. The SMILES string of the molecule is O=C=NCCCCCCCCCCCCCCc1[c]cccc1. The summed E-state index contributed by atoms with van der Waals surface area (Å²) in [5.74, 6) is 0. The highest BCUT2D eigenvalue weighted by Gasteiger charge is 1.95. The van der Waals surface area contributed by atoms with Crippen molar-refractivity contribution in [2.45, 2.75) is 83.5 Å². The topological polar surface area (TPSA) is 29.4 Å². The molecule has 0 heterocycles. The molecule has 0 unspecified atom stereocenters. The Morgan fingerprint density at radius 1 is 0.783 bits per heavy atom. The lowest BCUT2D eigenvalue weighted by Crippen LogP contribution is -1.86. The summed E-state index contributed by atoms with van der Waals surface area (Å²) in [6, 6.07) is 11.6. The fourth-order valence-corrected chi connectivity index (χ4v) is 2.91. The molecular formula is C21H32NO. The van der Waals surface area contributed by atoms with Crippen molar-refractivity contribution in [3.05, 3.63) is 35.9 Å². The van der Waals surface area contributed by atoms with Crippen molar-refractivity contribution < 1.29 is 4.79 Å². The first kappa shape index (κ1) is 19.6. The first-order valence-electron chi connectivity index (χ1n) is 9.42. The van der Waals surface area contributed by atoms with E-state index < -0.39 is 0 Å². The molecule has 0 atom stereocenters. The zero-order chi connectivity index (χ0) is 16.4. The van der Waals surface area contributed by atoms with Gasteiger partial charge in [0, 0.05) is 0 Å². The van der Waals surface area contributed by atoms with Gasteiger partial charge in [0.25, 0.3) is 0 Å². The van der Waals surface area contributed by atoms with E-state index in [1.165, 1.54) is 82.6 Å². The molecule has 1 radical (unpaired) electrons. The summed E-state index contributed by atoms with van der Waals surface area (Å²) >= 11 is 0. The van der Waals surface area contributed by atoms with Gasteiger partial charge in [0.15, 0.2) is 0 Å². The highest BCUT2D eigenvalue weighted by atomic mass is 16.1. The van der Waals surface area contributed by atoms with Gasteiger partial charge in [-0.05, 0) is 30.9 Å². The van der Waals surface area contributed by atoms with Crippen molar-refractivity contribution in [3.63, 3.8) is 0 Å². The number of rotatable bonds is 15. The molecule has 0 aliphatic rings. The molecule has 0 aliphatic heterocycles. The monoisotopic (exact) mass is 314 g/mol. The molecule has 1 aromatic rings. The van der Waals surface area contributed by atoms with Crippen LogP contribution in [0.5, 0.6) is 0 Å². The highest BCUT2D eigenvalue weighted by molar-refractivity contribution is 5.32. The Kier molecular flexibility index (Phi) is 13.2.